The molecule has 18 heavy (non-hydrogen) atoms. The Hall–Kier alpha value is -1.95. The minimum Gasteiger partial charge on any atom is -0.477 e. The van der Waals surface area contributed by atoms with Gasteiger partial charge in [-0.15, -0.1) is 10.2 Å². The highest BCUT2D eigenvalue weighted by atomic mass is 16.5. The number of carbonyl (C=O) groups is 1. The van der Waals surface area contributed by atoms with Crippen LogP contribution in [0.25, 0.3) is 5.65 Å². The summed E-state index contributed by atoms with van der Waals surface area (Å²) in [5.74, 6) is -0.171. The first kappa shape index (κ1) is 11.2. The molecule has 1 saturated heterocycles. The van der Waals surface area contributed by atoms with E-state index >= 15 is 0 Å². The molecular formula is C12H13N3O3. The highest BCUT2D eigenvalue weighted by Gasteiger charge is 2.23. The Morgan fingerprint density at radius 2 is 2.33 bits per heavy atom. The zero-order valence-electron chi connectivity index (χ0n) is 9.74. The van der Waals surface area contributed by atoms with E-state index in [2.05, 4.69) is 10.2 Å². The first-order valence-electron chi connectivity index (χ1n) is 5.92. The van der Waals surface area contributed by atoms with E-state index in [4.69, 9.17) is 4.74 Å². The van der Waals surface area contributed by atoms with E-state index in [-0.39, 0.29) is 11.6 Å². The molecule has 0 spiro atoms. The SMILES string of the molecule is O=C(O)c1cccc2nnc(C3CCCOC3)n12. The Morgan fingerprint density at radius 1 is 1.44 bits per heavy atom. The second-order valence-corrected chi connectivity index (χ2v) is 4.38. The quantitative estimate of drug-likeness (QED) is 0.866. The number of carboxylic acid groups (broad SMARTS) is 1. The Bertz CT molecular complexity index is 587. The standard InChI is InChI=1S/C12H13N3O3/c16-12(17)9-4-1-5-10-13-14-11(15(9)10)8-3-2-6-18-7-8/h1,4-5,8H,2-3,6-7H2,(H,16,17). The van der Waals surface area contributed by atoms with Crippen molar-refractivity contribution in [3.05, 3.63) is 29.7 Å². The van der Waals surface area contributed by atoms with Gasteiger partial charge in [-0.05, 0) is 25.0 Å². The van der Waals surface area contributed by atoms with Crippen molar-refractivity contribution >= 4 is 11.6 Å². The van der Waals surface area contributed by atoms with Gasteiger partial charge in [-0.3, -0.25) is 4.40 Å². The molecule has 2 aromatic heterocycles. The van der Waals surface area contributed by atoms with Gasteiger partial charge in [-0.2, -0.15) is 0 Å². The van der Waals surface area contributed by atoms with Crippen molar-refractivity contribution in [1.82, 2.24) is 14.6 Å². The van der Waals surface area contributed by atoms with Crippen LogP contribution in [0.2, 0.25) is 0 Å². The molecule has 0 aromatic carbocycles. The lowest BCUT2D eigenvalue weighted by molar-refractivity contribution is 0.0681. The average Bonchev–Trinajstić information content (AvgIpc) is 2.83. The molecule has 0 saturated carbocycles. The zero-order chi connectivity index (χ0) is 12.5. The molecule has 0 amide bonds. The molecule has 1 aliphatic rings. The number of hydrogen-bond donors (Lipinski definition) is 1. The van der Waals surface area contributed by atoms with Crippen LogP contribution in [0, 0.1) is 0 Å². The molecule has 6 heteroatoms. The molecule has 2 aromatic rings. The summed E-state index contributed by atoms with van der Waals surface area (Å²) in [5, 5.41) is 17.4. The molecule has 0 bridgehead atoms. The lowest BCUT2D eigenvalue weighted by Crippen LogP contribution is -2.19. The van der Waals surface area contributed by atoms with E-state index < -0.39 is 5.97 Å². The predicted octanol–water partition coefficient (Wildman–Crippen LogP) is 1.32. The summed E-state index contributed by atoms with van der Waals surface area (Å²) >= 11 is 0. The third-order valence-corrected chi connectivity index (χ3v) is 3.20. The average molecular weight is 247 g/mol. The van der Waals surface area contributed by atoms with Crippen LogP contribution in [-0.2, 0) is 4.74 Å². The highest BCUT2D eigenvalue weighted by molar-refractivity contribution is 5.86. The van der Waals surface area contributed by atoms with Gasteiger partial charge in [0, 0.05) is 12.5 Å². The third kappa shape index (κ3) is 1.74. The summed E-state index contributed by atoms with van der Waals surface area (Å²) in [5.41, 5.74) is 0.758. The van der Waals surface area contributed by atoms with Crippen LogP contribution in [0.3, 0.4) is 0 Å². The van der Waals surface area contributed by atoms with Gasteiger partial charge in [0.1, 0.15) is 11.5 Å². The molecule has 1 aliphatic heterocycles. The van der Waals surface area contributed by atoms with Gasteiger partial charge in [0.25, 0.3) is 0 Å². The van der Waals surface area contributed by atoms with Crippen LogP contribution in [0.15, 0.2) is 18.2 Å². The maximum Gasteiger partial charge on any atom is 0.352 e. The second-order valence-electron chi connectivity index (χ2n) is 4.38. The van der Waals surface area contributed by atoms with Crippen molar-refractivity contribution in [2.45, 2.75) is 18.8 Å². The topological polar surface area (TPSA) is 76.7 Å². The molecule has 1 unspecified atom stereocenters. The Kier molecular flexibility index (Phi) is 2.71. The maximum atomic E-state index is 11.2. The van der Waals surface area contributed by atoms with Crippen LogP contribution >= 0.6 is 0 Å². The van der Waals surface area contributed by atoms with Gasteiger partial charge in [-0.25, -0.2) is 4.79 Å². The number of rotatable bonds is 2. The lowest BCUT2D eigenvalue weighted by Gasteiger charge is -2.20. The first-order valence-corrected chi connectivity index (χ1v) is 5.92. The summed E-state index contributed by atoms with van der Waals surface area (Å²) in [6.07, 6.45) is 1.92. The minimum absolute atomic E-state index is 0.120. The maximum absolute atomic E-state index is 11.2. The Morgan fingerprint density at radius 3 is 3.06 bits per heavy atom. The fourth-order valence-corrected chi connectivity index (χ4v) is 2.34. The Labute approximate surface area is 103 Å². The van der Waals surface area contributed by atoms with Crippen LogP contribution in [0.5, 0.6) is 0 Å². The predicted molar refractivity (Wildman–Crippen MR) is 62.7 cm³/mol. The summed E-state index contributed by atoms with van der Waals surface area (Å²) < 4.78 is 7.04. The van der Waals surface area contributed by atoms with E-state index in [0.717, 1.165) is 19.4 Å². The number of hydrogen-bond acceptors (Lipinski definition) is 4. The van der Waals surface area contributed by atoms with E-state index in [1.165, 1.54) is 0 Å². The number of fused-ring (bicyclic) bond motifs is 1. The van der Waals surface area contributed by atoms with E-state index in [1.54, 1.807) is 22.6 Å². The number of ether oxygens (including phenoxy) is 1. The monoisotopic (exact) mass is 247 g/mol. The highest BCUT2D eigenvalue weighted by Crippen LogP contribution is 2.25. The third-order valence-electron chi connectivity index (χ3n) is 3.20. The van der Waals surface area contributed by atoms with Crippen molar-refractivity contribution < 1.29 is 14.6 Å². The smallest absolute Gasteiger partial charge is 0.352 e. The van der Waals surface area contributed by atoms with Crippen molar-refractivity contribution in [3.63, 3.8) is 0 Å². The van der Waals surface area contributed by atoms with E-state index in [0.29, 0.717) is 18.1 Å². The van der Waals surface area contributed by atoms with Crippen molar-refractivity contribution in [1.29, 1.82) is 0 Å². The molecule has 0 aliphatic carbocycles. The van der Waals surface area contributed by atoms with Gasteiger partial charge < -0.3 is 9.84 Å². The summed E-state index contributed by atoms with van der Waals surface area (Å²) in [6, 6.07) is 4.99. The number of pyridine rings is 1. The zero-order valence-corrected chi connectivity index (χ0v) is 9.74. The summed E-state index contributed by atoms with van der Waals surface area (Å²) in [7, 11) is 0. The van der Waals surface area contributed by atoms with Crippen molar-refractivity contribution in [3.8, 4) is 0 Å². The molecule has 1 fully saturated rings. The molecule has 0 radical (unpaired) electrons. The Balaban J connectivity index is 2.14. The van der Waals surface area contributed by atoms with Crippen LogP contribution in [0.1, 0.15) is 35.1 Å². The lowest BCUT2D eigenvalue weighted by atomic mass is 10.0. The van der Waals surface area contributed by atoms with Gasteiger partial charge in [0.15, 0.2) is 5.65 Å². The van der Waals surface area contributed by atoms with Gasteiger partial charge in [0.05, 0.1) is 6.61 Å². The van der Waals surface area contributed by atoms with Crippen LogP contribution in [0.4, 0.5) is 0 Å². The molecule has 1 N–H and O–H groups in total. The van der Waals surface area contributed by atoms with E-state index in [9.17, 15) is 9.90 Å². The van der Waals surface area contributed by atoms with Gasteiger partial charge in [-0.1, -0.05) is 6.07 Å². The number of nitrogens with zero attached hydrogens (tertiary/aromatic N) is 3. The number of aromatic carboxylic acids is 1. The largest absolute Gasteiger partial charge is 0.477 e. The molecule has 3 heterocycles. The van der Waals surface area contributed by atoms with Gasteiger partial charge >= 0.3 is 5.97 Å². The summed E-state index contributed by atoms with van der Waals surface area (Å²) in [6.45, 7) is 1.34. The molecule has 1 atom stereocenters. The number of aromatic nitrogens is 3. The molecule has 6 nitrogen and oxygen atoms in total. The van der Waals surface area contributed by atoms with Crippen LogP contribution < -0.4 is 0 Å². The molecule has 3 rings (SSSR count). The minimum atomic E-state index is -0.974. The molecule has 94 valence electrons. The van der Waals surface area contributed by atoms with Crippen molar-refractivity contribution in [2.24, 2.45) is 0 Å². The van der Waals surface area contributed by atoms with Crippen LogP contribution in [-0.4, -0.2) is 38.9 Å². The normalized spacial score (nSPS) is 20.1. The second kappa shape index (κ2) is 4.38. The number of carboxylic acids is 1. The summed E-state index contributed by atoms with van der Waals surface area (Å²) in [4.78, 5) is 11.2. The van der Waals surface area contributed by atoms with E-state index in [1.807, 2.05) is 0 Å². The molecular weight excluding hydrogens is 234 g/mol. The fraction of sp³-hybridized carbons (Fsp3) is 0.417. The fourth-order valence-electron chi connectivity index (χ4n) is 2.34. The van der Waals surface area contributed by atoms with Crippen molar-refractivity contribution in [2.75, 3.05) is 13.2 Å². The first-order chi connectivity index (χ1) is 8.77. The van der Waals surface area contributed by atoms with Gasteiger partial charge in [0.2, 0.25) is 0 Å².